The van der Waals surface area contributed by atoms with Gasteiger partial charge in [-0.05, 0) is 23.7 Å². The topological polar surface area (TPSA) is 4.93 Å². The van der Waals surface area contributed by atoms with Crippen LogP contribution in [0.1, 0.15) is 41.5 Å². The van der Waals surface area contributed by atoms with Crippen LogP contribution >= 0.6 is 0 Å². The highest BCUT2D eigenvalue weighted by Gasteiger charge is 2.58. The molecule has 1 heterocycles. The number of halogens is 1. The van der Waals surface area contributed by atoms with E-state index in [0.29, 0.717) is 0 Å². The Kier molecular flexibility index (Phi) is 3.17. The average molecular weight is 277 g/mol. The first-order chi connectivity index (χ1) is 8.59. The summed E-state index contributed by atoms with van der Waals surface area (Å²) in [5.41, 5.74) is 1.02. The van der Waals surface area contributed by atoms with Crippen molar-refractivity contribution >= 4 is 19.5 Å². The first-order valence-corrected chi connectivity index (χ1v) is 8.67. The molecule has 0 aliphatic rings. The molecule has 0 fully saturated rings. The highest BCUT2D eigenvalue weighted by Crippen LogP contribution is 2.53. The van der Waals surface area contributed by atoms with E-state index in [1.807, 2.05) is 82.3 Å². The molecular formula is C16H24FNSi. The molecule has 0 bridgehead atoms. The van der Waals surface area contributed by atoms with Crippen molar-refractivity contribution in [2.45, 2.75) is 51.6 Å². The molecule has 1 aromatic carbocycles. The number of benzene rings is 1. The number of hydrogen-bond acceptors (Lipinski definition) is 0. The van der Waals surface area contributed by atoms with Gasteiger partial charge in [0.2, 0.25) is 0 Å². The lowest BCUT2D eigenvalue weighted by atomic mass is 10.2. The van der Waals surface area contributed by atoms with Crippen LogP contribution in [0.2, 0.25) is 10.1 Å². The van der Waals surface area contributed by atoms with Crippen LogP contribution in [-0.2, 0) is 0 Å². The van der Waals surface area contributed by atoms with Crippen molar-refractivity contribution in [1.82, 2.24) is 4.23 Å². The van der Waals surface area contributed by atoms with Crippen molar-refractivity contribution in [3.05, 3.63) is 36.5 Å². The summed E-state index contributed by atoms with van der Waals surface area (Å²) < 4.78 is 18.1. The van der Waals surface area contributed by atoms with Gasteiger partial charge in [0.25, 0.3) is 0 Å². The van der Waals surface area contributed by atoms with E-state index < -0.39 is 8.57 Å². The van der Waals surface area contributed by atoms with Gasteiger partial charge >= 0.3 is 8.57 Å². The molecule has 104 valence electrons. The van der Waals surface area contributed by atoms with Crippen molar-refractivity contribution in [2.75, 3.05) is 0 Å². The minimum absolute atomic E-state index is 0.354. The molecule has 0 amide bonds. The normalized spacial score (nSPS) is 14.1. The van der Waals surface area contributed by atoms with Crippen LogP contribution in [0.5, 0.6) is 0 Å². The molecule has 0 N–H and O–H groups in total. The minimum Gasteiger partial charge on any atom is -0.347 e. The summed E-state index contributed by atoms with van der Waals surface area (Å²) in [7, 11) is -3.22. The fraction of sp³-hybridized carbons (Fsp3) is 0.500. The second-order valence-electron chi connectivity index (χ2n) is 7.37. The summed E-state index contributed by atoms with van der Waals surface area (Å²) in [6.45, 7) is 12.2. The molecule has 1 nitrogen and oxygen atoms in total. The van der Waals surface area contributed by atoms with Gasteiger partial charge in [-0.15, -0.1) is 0 Å². The second kappa shape index (κ2) is 4.20. The smallest absolute Gasteiger partial charge is 0.347 e. The number of nitrogens with zero attached hydrogens (tertiary/aromatic N) is 1. The maximum absolute atomic E-state index is 16.2. The maximum Gasteiger partial charge on any atom is 0.363 e. The van der Waals surface area contributed by atoms with Gasteiger partial charge in [0, 0.05) is 15.6 Å². The predicted molar refractivity (Wildman–Crippen MR) is 83.6 cm³/mol. The number of hydrogen-bond donors (Lipinski definition) is 0. The van der Waals surface area contributed by atoms with Gasteiger partial charge in [-0.25, -0.2) is 0 Å². The van der Waals surface area contributed by atoms with Crippen LogP contribution in [0.3, 0.4) is 0 Å². The van der Waals surface area contributed by atoms with Crippen LogP contribution in [0.15, 0.2) is 36.5 Å². The highest BCUT2D eigenvalue weighted by molar-refractivity contribution is 6.78. The molecule has 2 aromatic rings. The Morgan fingerprint density at radius 1 is 0.895 bits per heavy atom. The number of aromatic nitrogens is 1. The summed E-state index contributed by atoms with van der Waals surface area (Å²) in [5.74, 6) is 0. The molecule has 0 saturated heterocycles. The van der Waals surface area contributed by atoms with E-state index >= 15 is 4.11 Å². The first kappa shape index (κ1) is 14.3. The van der Waals surface area contributed by atoms with Crippen LogP contribution in [-0.4, -0.2) is 12.8 Å². The Morgan fingerprint density at radius 3 is 1.95 bits per heavy atom. The van der Waals surface area contributed by atoms with Crippen molar-refractivity contribution in [3.8, 4) is 0 Å². The van der Waals surface area contributed by atoms with E-state index in [1.165, 1.54) is 0 Å². The van der Waals surface area contributed by atoms with Crippen molar-refractivity contribution in [1.29, 1.82) is 0 Å². The van der Waals surface area contributed by atoms with E-state index in [2.05, 4.69) is 0 Å². The molecule has 0 radical (unpaired) electrons. The van der Waals surface area contributed by atoms with Gasteiger partial charge in [-0.2, -0.15) is 0 Å². The fourth-order valence-corrected chi connectivity index (χ4v) is 7.71. The zero-order valence-corrected chi connectivity index (χ0v) is 13.8. The standard InChI is InChI=1S/C16H24FNSi/c1-15(2,3)19(17,16(4,5)6)18-12-11-13-9-7-8-10-14(13)18/h7-12H,1-6H3. The summed E-state index contributed by atoms with van der Waals surface area (Å²) >= 11 is 0. The number of para-hydroxylation sites is 1. The predicted octanol–water partition coefficient (Wildman–Crippen LogP) is 5.50. The number of rotatable bonds is 1. The minimum atomic E-state index is -3.22. The lowest BCUT2D eigenvalue weighted by molar-refractivity contribution is 0.496. The van der Waals surface area contributed by atoms with Gasteiger partial charge in [-0.1, -0.05) is 59.7 Å². The third-order valence-electron chi connectivity index (χ3n) is 3.92. The van der Waals surface area contributed by atoms with Crippen molar-refractivity contribution in [3.63, 3.8) is 0 Å². The molecule has 19 heavy (non-hydrogen) atoms. The SMILES string of the molecule is CC(C)(C)[Si](F)(n1ccc2ccccc21)C(C)(C)C. The molecule has 1 aromatic heterocycles. The fourth-order valence-electron chi connectivity index (χ4n) is 3.20. The highest BCUT2D eigenvalue weighted by atomic mass is 28.4. The van der Waals surface area contributed by atoms with Crippen LogP contribution in [0.25, 0.3) is 10.9 Å². The van der Waals surface area contributed by atoms with Gasteiger partial charge in [0.1, 0.15) is 0 Å². The van der Waals surface area contributed by atoms with Gasteiger partial charge < -0.3 is 4.23 Å². The van der Waals surface area contributed by atoms with Crippen LogP contribution in [0, 0.1) is 0 Å². The molecule has 0 aliphatic heterocycles. The molecular weight excluding hydrogens is 253 g/mol. The van der Waals surface area contributed by atoms with E-state index in [9.17, 15) is 0 Å². The molecule has 0 aliphatic carbocycles. The molecule has 2 rings (SSSR count). The van der Waals surface area contributed by atoms with Crippen LogP contribution < -0.4 is 0 Å². The lowest BCUT2D eigenvalue weighted by Gasteiger charge is -2.45. The first-order valence-electron chi connectivity index (χ1n) is 6.84. The lowest BCUT2D eigenvalue weighted by Crippen LogP contribution is -2.54. The molecule has 0 spiro atoms. The Morgan fingerprint density at radius 2 is 1.42 bits per heavy atom. The number of fused-ring (bicyclic) bond motifs is 1. The zero-order chi connectivity index (χ0) is 14.5. The van der Waals surface area contributed by atoms with E-state index in [0.717, 1.165) is 10.9 Å². The summed E-state index contributed by atoms with van der Waals surface area (Å²) in [6.07, 6.45) is 1.94. The Balaban J connectivity index is 2.77. The molecule has 0 atom stereocenters. The molecule has 3 heteroatoms. The van der Waals surface area contributed by atoms with Crippen LogP contribution in [0.4, 0.5) is 4.11 Å². The quantitative estimate of drug-likeness (QED) is 0.479. The van der Waals surface area contributed by atoms with Gasteiger partial charge in [-0.3, -0.25) is 4.11 Å². The van der Waals surface area contributed by atoms with E-state index in [1.54, 1.807) is 0 Å². The van der Waals surface area contributed by atoms with Crippen molar-refractivity contribution < 1.29 is 4.11 Å². The summed E-state index contributed by atoms with van der Waals surface area (Å²) in [6, 6.07) is 10.1. The third kappa shape index (κ3) is 2.04. The summed E-state index contributed by atoms with van der Waals surface area (Å²) in [5, 5.41) is 0.408. The van der Waals surface area contributed by atoms with Gasteiger partial charge in [0.05, 0.1) is 0 Å². The van der Waals surface area contributed by atoms with E-state index in [4.69, 9.17) is 0 Å². The maximum atomic E-state index is 16.2. The summed E-state index contributed by atoms with van der Waals surface area (Å²) in [4.78, 5) is 0. The average Bonchev–Trinajstić information content (AvgIpc) is 2.68. The molecule has 0 saturated carbocycles. The largest absolute Gasteiger partial charge is 0.363 e. The second-order valence-corrected chi connectivity index (χ2v) is 12.1. The van der Waals surface area contributed by atoms with E-state index in [-0.39, 0.29) is 10.1 Å². The van der Waals surface area contributed by atoms with Crippen molar-refractivity contribution in [2.24, 2.45) is 0 Å². The Hall–Kier alpha value is -1.09. The third-order valence-corrected chi connectivity index (χ3v) is 8.95. The monoisotopic (exact) mass is 277 g/mol. The molecule has 0 unspecified atom stereocenters. The van der Waals surface area contributed by atoms with Gasteiger partial charge in [0.15, 0.2) is 0 Å². The Bertz CT molecular complexity index is 573. The zero-order valence-electron chi connectivity index (χ0n) is 12.8. The Labute approximate surface area is 116 Å².